The van der Waals surface area contributed by atoms with Gasteiger partial charge in [-0.1, -0.05) is 12.8 Å². The Labute approximate surface area is 397 Å². The van der Waals surface area contributed by atoms with Gasteiger partial charge in [-0.05, 0) is 148 Å². The lowest BCUT2D eigenvalue weighted by molar-refractivity contribution is 0.309. The number of ether oxygens (including phenoxy) is 2. The van der Waals surface area contributed by atoms with Gasteiger partial charge in [-0.3, -0.25) is 5.10 Å². The van der Waals surface area contributed by atoms with Gasteiger partial charge in [0.2, 0.25) is 11.9 Å². The van der Waals surface area contributed by atoms with Crippen molar-refractivity contribution >= 4 is 69.9 Å². The molecule has 0 spiro atoms. The van der Waals surface area contributed by atoms with Gasteiger partial charge in [-0.15, -0.1) is 12.4 Å². The maximum absolute atomic E-state index is 5.52. The maximum atomic E-state index is 5.52. The summed E-state index contributed by atoms with van der Waals surface area (Å²) < 4.78 is 13.6. The predicted molar refractivity (Wildman–Crippen MR) is 269 cm³/mol. The zero-order valence-corrected chi connectivity index (χ0v) is 41.1. The van der Waals surface area contributed by atoms with E-state index in [9.17, 15) is 0 Å². The summed E-state index contributed by atoms with van der Waals surface area (Å²) in [6.45, 7) is 3.88. The molecule has 3 aliphatic carbocycles. The van der Waals surface area contributed by atoms with Crippen LogP contribution in [-0.4, -0.2) is 94.4 Å². The van der Waals surface area contributed by atoms with Gasteiger partial charge in [0.15, 0.2) is 0 Å². The Morgan fingerprint density at radius 1 is 0.656 bits per heavy atom. The van der Waals surface area contributed by atoms with E-state index in [1.54, 1.807) is 14.2 Å². The van der Waals surface area contributed by atoms with Crippen molar-refractivity contribution in [2.45, 2.75) is 89.1 Å². The molecule has 2 atom stereocenters. The highest BCUT2D eigenvalue weighted by atomic mass is 127. The fraction of sp³-hybridized carbons (Fsp3) is 0.435. The molecule has 4 heterocycles. The molecule has 64 heavy (non-hydrogen) atoms. The normalized spacial score (nSPS) is 16.2. The average Bonchev–Trinajstić information content (AvgIpc) is 4.23. The van der Waals surface area contributed by atoms with E-state index in [0.29, 0.717) is 29.9 Å². The van der Waals surface area contributed by atoms with E-state index in [2.05, 4.69) is 110 Å². The number of aryl methyl sites for hydroxylation is 2. The zero-order chi connectivity index (χ0) is 44.7. The van der Waals surface area contributed by atoms with Crippen LogP contribution in [0.4, 0.5) is 34.9 Å². The van der Waals surface area contributed by atoms with Crippen LogP contribution >= 0.6 is 35.0 Å². The Morgan fingerprint density at radius 3 is 1.66 bits per heavy atom. The summed E-state index contributed by atoms with van der Waals surface area (Å²) in [5, 5.41) is 30.4. The van der Waals surface area contributed by atoms with Crippen molar-refractivity contribution in [1.82, 2.24) is 50.5 Å². The van der Waals surface area contributed by atoms with Crippen molar-refractivity contribution < 1.29 is 9.47 Å². The molecule has 0 amide bonds. The van der Waals surface area contributed by atoms with E-state index in [4.69, 9.17) is 9.47 Å². The van der Waals surface area contributed by atoms with E-state index in [0.717, 1.165) is 61.1 Å². The second kappa shape index (κ2) is 24.7. The summed E-state index contributed by atoms with van der Waals surface area (Å²) in [5.74, 6) is 5.81. The van der Waals surface area contributed by atoms with Crippen molar-refractivity contribution in [1.29, 1.82) is 0 Å². The minimum atomic E-state index is 0. The lowest BCUT2D eigenvalue weighted by Crippen LogP contribution is -2.47. The molecule has 3 saturated carbocycles. The van der Waals surface area contributed by atoms with Crippen molar-refractivity contribution in [2.24, 2.45) is 0 Å². The van der Waals surface area contributed by atoms with Crippen molar-refractivity contribution in [3.05, 3.63) is 99.4 Å². The van der Waals surface area contributed by atoms with E-state index in [1.165, 1.54) is 62.5 Å². The second-order valence-electron chi connectivity index (χ2n) is 15.8. The molecule has 6 aromatic rings. The number of hydrogen-bond donors (Lipinski definition) is 7. The zero-order valence-electron chi connectivity index (χ0n) is 38.1. The fourth-order valence-electron chi connectivity index (χ4n) is 7.27. The van der Waals surface area contributed by atoms with Gasteiger partial charge in [0.25, 0.3) is 0 Å². The Balaban J connectivity index is 0.000000176. The summed E-state index contributed by atoms with van der Waals surface area (Å²) in [6.07, 6.45) is 18.6. The highest BCUT2D eigenvalue weighted by molar-refractivity contribution is 14.1. The summed E-state index contributed by atoms with van der Waals surface area (Å²) >= 11 is 2.23. The molecule has 4 aromatic heterocycles. The molecule has 0 bridgehead atoms. The Hall–Kier alpha value is -5.24. The number of methoxy groups -OCH3 is 2. The minimum absolute atomic E-state index is 0. The number of anilines is 6. The van der Waals surface area contributed by atoms with Gasteiger partial charge < -0.3 is 41.4 Å². The highest BCUT2D eigenvalue weighted by Crippen LogP contribution is 2.41. The SMILES string of the molecule is CNC1CCCC[C@H]1NC.CNc1cc(C)nc(Nc2ccc(OC)c(-n3cc(C4CC4)cn3)c2)n1.CNc1cc(C)nc(Nc2ccc(OC)c(I)c2)n1.Cl.c1n[nH]cc1C1CC1. The van der Waals surface area contributed by atoms with Crippen LogP contribution < -0.4 is 41.4 Å². The van der Waals surface area contributed by atoms with Gasteiger partial charge >= 0.3 is 0 Å². The monoisotopic (exact) mass is 1010 g/mol. The molecule has 2 aromatic carbocycles. The van der Waals surface area contributed by atoms with E-state index in [1.807, 2.05) is 99.7 Å². The fourth-order valence-corrected chi connectivity index (χ4v) is 8.01. The number of likely N-dealkylation sites (N-methyl/N-ethyl adjacent to an activating group) is 2. The molecule has 16 nitrogen and oxygen atoms in total. The smallest absolute Gasteiger partial charge is 0.229 e. The third-order valence-corrected chi connectivity index (χ3v) is 11.9. The number of aromatic amines is 1. The van der Waals surface area contributed by atoms with Gasteiger partial charge in [-0.25, -0.2) is 14.6 Å². The molecule has 18 heteroatoms. The van der Waals surface area contributed by atoms with Crippen LogP contribution in [0.2, 0.25) is 0 Å². The third-order valence-electron chi connectivity index (χ3n) is 11.0. The van der Waals surface area contributed by atoms with Crippen LogP contribution in [0.5, 0.6) is 11.5 Å². The molecular formula is C46H64ClIN14O2. The van der Waals surface area contributed by atoms with Crippen molar-refractivity contribution in [3.8, 4) is 17.2 Å². The van der Waals surface area contributed by atoms with Crippen LogP contribution in [0.1, 0.15) is 85.7 Å². The van der Waals surface area contributed by atoms with E-state index in [-0.39, 0.29) is 12.4 Å². The first kappa shape index (κ1) is 49.8. The molecule has 9 rings (SSSR count). The summed E-state index contributed by atoms with van der Waals surface area (Å²) in [6, 6.07) is 16.9. The molecule has 3 aliphatic rings. The van der Waals surface area contributed by atoms with Gasteiger partial charge in [0.1, 0.15) is 28.8 Å². The topological polar surface area (TPSA) is 189 Å². The van der Waals surface area contributed by atoms with Gasteiger partial charge in [0, 0.05) is 73.5 Å². The number of aromatic nitrogens is 8. The van der Waals surface area contributed by atoms with E-state index < -0.39 is 0 Å². The number of H-pyrrole nitrogens is 1. The van der Waals surface area contributed by atoms with Crippen LogP contribution in [0.25, 0.3) is 5.69 Å². The van der Waals surface area contributed by atoms with Crippen molar-refractivity contribution in [3.63, 3.8) is 0 Å². The molecule has 0 aliphatic heterocycles. The number of benzene rings is 2. The van der Waals surface area contributed by atoms with Crippen LogP contribution in [0, 0.1) is 17.4 Å². The van der Waals surface area contributed by atoms with Crippen LogP contribution in [0.3, 0.4) is 0 Å². The number of rotatable bonds is 13. The Kier molecular flexibility index (Phi) is 19.2. The standard InChI is InChI=1S/C19H22N6O.C13H15IN4O.C8H18N2.C6H8N2.ClH/c1-12-8-18(20-2)24-19(22-12)23-15-6-7-17(26-3)16(9-15)25-11-14(10-21-25)13-4-5-13;1-8-6-12(15-2)18-13(16-8)17-9-4-5-11(19-3)10(14)7-9;1-9-7-5-3-4-6-8(7)10-2;1-2-5(1)6-3-7-8-4-6;/h6-11,13H,4-5H2,1-3H3,(H2,20,22,23,24);4-7H,1-3H3,(H2,15,16,17,18);7-10H,3-6H2,1-2H3;3-5H,1-2H2,(H,7,8);1H/t;;7-,8?;;/m..1../s1. The number of nitrogens with one attached hydrogen (secondary N) is 7. The first-order valence-electron chi connectivity index (χ1n) is 21.6. The maximum Gasteiger partial charge on any atom is 0.229 e. The molecule has 3 fully saturated rings. The first-order valence-corrected chi connectivity index (χ1v) is 22.7. The molecular weight excluding hydrogens is 943 g/mol. The molecule has 7 N–H and O–H groups in total. The molecule has 1 unspecified atom stereocenters. The number of halogens is 2. The van der Waals surface area contributed by atoms with Gasteiger partial charge in [-0.2, -0.15) is 20.2 Å². The quantitative estimate of drug-likeness (QED) is 0.0543. The lowest BCUT2D eigenvalue weighted by Gasteiger charge is -2.30. The highest BCUT2D eigenvalue weighted by Gasteiger charge is 2.26. The largest absolute Gasteiger partial charge is 0.496 e. The first-order chi connectivity index (χ1) is 30.6. The Bertz CT molecular complexity index is 2330. The molecule has 0 radical (unpaired) electrons. The number of hydrogen-bond acceptors (Lipinski definition) is 14. The van der Waals surface area contributed by atoms with Gasteiger partial charge in [0.05, 0.1) is 30.2 Å². The third kappa shape index (κ3) is 14.6. The molecule has 0 saturated heterocycles. The second-order valence-corrected chi connectivity index (χ2v) is 17.0. The summed E-state index contributed by atoms with van der Waals surface area (Å²) in [7, 11) is 11.1. The predicted octanol–water partition coefficient (Wildman–Crippen LogP) is 9.27. The van der Waals surface area contributed by atoms with Crippen molar-refractivity contribution in [2.75, 3.05) is 63.7 Å². The summed E-state index contributed by atoms with van der Waals surface area (Å²) in [4.78, 5) is 17.6. The van der Waals surface area contributed by atoms with E-state index >= 15 is 0 Å². The average molecular weight is 1010 g/mol. The molecule has 344 valence electrons. The minimum Gasteiger partial charge on any atom is -0.496 e. The lowest BCUT2D eigenvalue weighted by atomic mass is 9.91. The number of nitrogens with zero attached hydrogens (tertiary/aromatic N) is 7. The Morgan fingerprint density at radius 2 is 1.19 bits per heavy atom. The van der Waals surface area contributed by atoms with Crippen LogP contribution in [-0.2, 0) is 0 Å². The van der Waals surface area contributed by atoms with Crippen LogP contribution in [0.15, 0.2) is 73.3 Å². The summed E-state index contributed by atoms with van der Waals surface area (Å²) in [5.41, 5.74) is 7.14.